The maximum atomic E-state index is 11.8. The summed E-state index contributed by atoms with van der Waals surface area (Å²) in [7, 11) is 0. The zero-order valence-electron chi connectivity index (χ0n) is 13.2. The van der Waals surface area contributed by atoms with E-state index in [2.05, 4.69) is 11.4 Å². The van der Waals surface area contributed by atoms with Gasteiger partial charge in [-0.15, -0.1) is 0 Å². The van der Waals surface area contributed by atoms with Crippen LogP contribution in [0.3, 0.4) is 0 Å². The van der Waals surface area contributed by atoms with E-state index in [4.69, 9.17) is 4.74 Å². The minimum absolute atomic E-state index is 0.0689. The van der Waals surface area contributed by atoms with Crippen LogP contribution in [0.25, 0.3) is 0 Å². The van der Waals surface area contributed by atoms with Gasteiger partial charge < -0.3 is 10.1 Å². The third kappa shape index (κ3) is 6.22. The number of carbonyl (C=O) groups excluding carboxylic acids is 2. The van der Waals surface area contributed by atoms with Crippen molar-refractivity contribution in [3.05, 3.63) is 12.2 Å². The molecule has 20 heavy (non-hydrogen) atoms. The number of hydrogen-bond donors (Lipinski definition) is 1. The summed E-state index contributed by atoms with van der Waals surface area (Å²) in [5.74, 6) is 0.931. The van der Waals surface area contributed by atoms with Crippen molar-refractivity contribution in [1.29, 1.82) is 0 Å². The van der Waals surface area contributed by atoms with Gasteiger partial charge in [0.05, 0.1) is 6.04 Å². The van der Waals surface area contributed by atoms with Crippen molar-refractivity contribution in [3.63, 3.8) is 0 Å². The highest BCUT2D eigenvalue weighted by Gasteiger charge is 2.22. The zero-order chi connectivity index (χ0) is 15.3. The molecule has 1 N–H and O–H groups in total. The second kappa shape index (κ2) is 6.91. The first-order valence-corrected chi connectivity index (χ1v) is 7.37. The van der Waals surface area contributed by atoms with Crippen LogP contribution < -0.4 is 5.32 Å². The highest BCUT2D eigenvalue weighted by Crippen LogP contribution is 2.23. The van der Waals surface area contributed by atoms with E-state index in [-0.39, 0.29) is 12.0 Å². The molecule has 0 aromatic rings. The van der Waals surface area contributed by atoms with Gasteiger partial charge in [0.15, 0.2) is 0 Å². The quantitative estimate of drug-likeness (QED) is 0.803. The molecule has 0 aromatic heterocycles. The van der Waals surface area contributed by atoms with Gasteiger partial charge >= 0.3 is 6.09 Å². The van der Waals surface area contributed by atoms with Crippen LogP contribution in [0, 0.1) is 11.8 Å². The lowest BCUT2D eigenvalue weighted by Gasteiger charge is -2.24. The van der Waals surface area contributed by atoms with E-state index in [0.29, 0.717) is 24.5 Å². The highest BCUT2D eigenvalue weighted by atomic mass is 16.6. The van der Waals surface area contributed by atoms with Crippen molar-refractivity contribution < 1.29 is 14.3 Å². The number of alkyl carbamates (subject to hydrolysis) is 1. The first-order valence-electron chi connectivity index (χ1n) is 7.37. The molecule has 0 aromatic carbocycles. The van der Waals surface area contributed by atoms with Crippen LogP contribution in [0.1, 0.15) is 53.9 Å². The fourth-order valence-electron chi connectivity index (χ4n) is 2.16. The number of Topliss-reactive ketones (excluding diaryl/α,β-unsaturated/α-hetero) is 1. The smallest absolute Gasteiger partial charge is 0.408 e. The second-order valence-electron chi connectivity index (χ2n) is 6.84. The molecule has 0 heterocycles. The highest BCUT2D eigenvalue weighted by molar-refractivity contribution is 5.80. The number of hydrogen-bond acceptors (Lipinski definition) is 3. The van der Waals surface area contributed by atoms with E-state index in [1.54, 1.807) is 0 Å². The average molecular weight is 281 g/mol. The minimum Gasteiger partial charge on any atom is -0.444 e. The standard InChI is InChI=1S/C16H27NO3/c1-11(2)14(17-15(19)20-16(3,4)5)9-7-12-6-8-13(18)10-12/h7,9,11-12,14H,6,8,10H2,1-5H3,(H,17,19)/b9-7+/t12?,14-/m1/s1. The van der Waals surface area contributed by atoms with Crippen LogP contribution in [0.15, 0.2) is 12.2 Å². The lowest BCUT2D eigenvalue weighted by atomic mass is 10.0. The van der Waals surface area contributed by atoms with Gasteiger partial charge in [-0.05, 0) is 39.0 Å². The van der Waals surface area contributed by atoms with Crippen LogP contribution in [-0.2, 0) is 9.53 Å². The lowest BCUT2D eigenvalue weighted by molar-refractivity contribution is -0.117. The molecule has 1 unspecified atom stereocenters. The maximum Gasteiger partial charge on any atom is 0.408 e. The molecular formula is C16H27NO3. The van der Waals surface area contributed by atoms with Gasteiger partial charge in [0.2, 0.25) is 0 Å². The summed E-state index contributed by atoms with van der Waals surface area (Å²) in [6, 6.07) is -0.0689. The molecule has 1 amide bonds. The minimum atomic E-state index is -0.493. The van der Waals surface area contributed by atoms with Crippen LogP contribution in [-0.4, -0.2) is 23.5 Å². The van der Waals surface area contributed by atoms with E-state index >= 15 is 0 Å². The van der Waals surface area contributed by atoms with Crippen molar-refractivity contribution in [2.75, 3.05) is 0 Å². The van der Waals surface area contributed by atoms with Gasteiger partial charge in [-0.25, -0.2) is 4.79 Å². The summed E-state index contributed by atoms with van der Waals surface area (Å²) in [5, 5.41) is 2.88. The third-order valence-electron chi connectivity index (χ3n) is 3.28. The summed E-state index contributed by atoms with van der Waals surface area (Å²) in [4.78, 5) is 23.0. The Bertz CT molecular complexity index is 380. The summed E-state index contributed by atoms with van der Waals surface area (Å²) >= 11 is 0. The van der Waals surface area contributed by atoms with Crippen molar-refractivity contribution in [1.82, 2.24) is 5.32 Å². The SMILES string of the molecule is CC(C)[C@@H](/C=C/C1CCC(=O)C1)NC(=O)OC(C)(C)C. The summed E-state index contributed by atoms with van der Waals surface area (Å²) in [6.45, 7) is 9.63. The van der Waals surface area contributed by atoms with Crippen molar-refractivity contribution in [2.45, 2.75) is 65.5 Å². The van der Waals surface area contributed by atoms with E-state index in [1.807, 2.05) is 40.7 Å². The zero-order valence-corrected chi connectivity index (χ0v) is 13.2. The molecule has 0 aliphatic heterocycles. The summed E-state index contributed by atoms with van der Waals surface area (Å²) in [5.41, 5.74) is -0.493. The number of amides is 1. The topological polar surface area (TPSA) is 55.4 Å². The van der Waals surface area contributed by atoms with Gasteiger partial charge in [-0.1, -0.05) is 26.0 Å². The number of rotatable bonds is 4. The maximum absolute atomic E-state index is 11.8. The second-order valence-corrected chi connectivity index (χ2v) is 6.84. The lowest BCUT2D eigenvalue weighted by Crippen LogP contribution is -2.40. The molecule has 1 saturated carbocycles. The summed E-state index contributed by atoms with van der Waals surface area (Å²) < 4.78 is 5.27. The number of carbonyl (C=O) groups is 2. The Morgan fingerprint density at radius 3 is 2.50 bits per heavy atom. The Morgan fingerprint density at radius 2 is 2.05 bits per heavy atom. The normalized spacial score (nSPS) is 21.5. The molecule has 1 fully saturated rings. The molecule has 0 saturated heterocycles. The molecule has 4 nitrogen and oxygen atoms in total. The van der Waals surface area contributed by atoms with Crippen LogP contribution in [0.2, 0.25) is 0 Å². The van der Waals surface area contributed by atoms with Gasteiger partial charge in [-0.3, -0.25) is 4.79 Å². The number of ketones is 1. The Kier molecular flexibility index (Phi) is 5.78. The third-order valence-corrected chi connectivity index (χ3v) is 3.28. The summed E-state index contributed by atoms with van der Waals surface area (Å²) in [6.07, 6.45) is 5.90. The first kappa shape index (κ1) is 16.7. The molecule has 2 atom stereocenters. The number of nitrogens with one attached hydrogen (secondary N) is 1. The van der Waals surface area contributed by atoms with E-state index in [9.17, 15) is 9.59 Å². The Balaban J connectivity index is 2.54. The molecule has 0 spiro atoms. The molecule has 114 valence electrons. The van der Waals surface area contributed by atoms with Crippen molar-refractivity contribution >= 4 is 11.9 Å². The molecule has 0 radical (unpaired) electrons. The molecule has 1 aliphatic carbocycles. The molecule has 1 rings (SSSR count). The van der Waals surface area contributed by atoms with Gasteiger partial charge in [0, 0.05) is 12.8 Å². The van der Waals surface area contributed by atoms with Crippen LogP contribution in [0.5, 0.6) is 0 Å². The monoisotopic (exact) mass is 281 g/mol. The van der Waals surface area contributed by atoms with Crippen molar-refractivity contribution in [3.8, 4) is 0 Å². The molecule has 0 bridgehead atoms. The number of allylic oxidation sites excluding steroid dienone is 1. The van der Waals surface area contributed by atoms with Crippen LogP contribution in [0.4, 0.5) is 4.79 Å². The number of ether oxygens (including phenoxy) is 1. The van der Waals surface area contributed by atoms with Gasteiger partial charge in [-0.2, -0.15) is 0 Å². The van der Waals surface area contributed by atoms with Gasteiger partial charge in [0.25, 0.3) is 0 Å². The van der Waals surface area contributed by atoms with E-state index < -0.39 is 11.7 Å². The molecule has 4 heteroatoms. The fourth-order valence-corrected chi connectivity index (χ4v) is 2.16. The largest absolute Gasteiger partial charge is 0.444 e. The predicted octanol–water partition coefficient (Wildman–Crippen LogP) is 3.46. The van der Waals surface area contributed by atoms with E-state index in [1.165, 1.54) is 0 Å². The average Bonchev–Trinajstić information content (AvgIpc) is 2.67. The fraction of sp³-hybridized carbons (Fsp3) is 0.750. The van der Waals surface area contributed by atoms with Crippen molar-refractivity contribution in [2.24, 2.45) is 11.8 Å². The predicted molar refractivity (Wildman–Crippen MR) is 79.5 cm³/mol. The van der Waals surface area contributed by atoms with Crippen LogP contribution >= 0.6 is 0 Å². The molecular weight excluding hydrogens is 254 g/mol. The van der Waals surface area contributed by atoms with Gasteiger partial charge in [0.1, 0.15) is 11.4 Å². The first-order chi connectivity index (χ1) is 9.17. The Labute approximate surface area is 122 Å². The Morgan fingerprint density at radius 1 is 1.40 bits per heavy atom. The Hall–Kier alpha value is -1.32. The molecule has 1 aliphatic rings. The van der Waals surface area contributed by atoms with E-state index in [0.717, 1.165) is 6.42 Å².